The molecular weight excluding hydrogens is 258 g/mol. The zero-order valence-electron chi connectivity index (χ0n) is 11.5. The summed E-state index contributed by atoms with van der Waals surface area (Å²) in [6.45, 7) is 0. The molecule has 1 aromatic carbocycles. The molecule has 0 saturated heterocycles. The van der Waals surface area contributed by atoms with Gasteiger partial charge >= 0.3 is 0 Å². The molecule has 104 valence electrons. The van der Waals surface area contributed by atoms with E-state index in [0.717, 1.165) is 0 Å². The molecule has 2 aromatic rings. The van der Waals surface area contributed by atoms with Crippen molar-refractivity contribution in [2.45, 2.75) is 0 Å². The largest absolute Gasteiger partial charge is 0.496 e. The summed E-state index contributed by atoms with van der Waals surface area (Å²) in [6, 6.07) is 6.79. The lowest BCUT2D eigenvalue weighted by molar-refractivity contribution is 0.103. The van der Waals surface area contributed by atoms with Crippen molar-refractivity contribution in [2.75, 3.05) is 21.3 Å². The zero-order valence-corrected chi connectivity index (χ0v) is 11.5. The Morgan fingerprint density at radius 1 is 0.950 bits per heavy atom. The van der Waals surface area contributed by atoms with Crippen molar-refractivity contribution >= 4 is 5.78 Å². The molecule has 0 saturated carbocycles. The molecule has 0 bridgehead atoms. The van der Waals surface area contributed by atoms with Crippen LogP contribution < -0.4 is 14.2 Å². The molecule has 2 rings (SSSR count). The van der Waals surface area contributed by atoms with E-state index in [1.54, 1.807) is 24.3 Å². The number of hydrogen-bond acceptors (Lipinski definition) is 5. The van der Waals surface area contributed by atoms with Gasteiger partial charge in [0.25, 0.3) is 0 Å². The molecule has 0 fully saturated rings. The van der Waals surface area contributed by atoms with Gasteiger partial charge in [0, 0.05) is 6.20 Å². The topological polar surface area (TPSA) is 57.7 Å². The SMILES string of the molecule is COc1cnccc1C(=O)c1c(OC)cccc1OC. The van der Waals surface area contributed by atoms with Crippen LogP contribution in [0.4, 0.5) is 0 Å². The van der Waals surface area contributed by atoms with Gasteiger partial charge in [-0.25, -0.2) is 0 Å². The molecule has 0 aliphatic rings. The summed E-state index contributed by atoms with van der Waals surface area (Å²) in [4.78, 5) is 16.7. The van der Waals surface area contributed by atoms with E-state index in [1.165, 1.54) is 33.7 Å². The summed E-state index contributed by atoms with van der Waals surface area (Å²) < 4.78 is 15.7. The standard InChI is InChI=1S/C15H15NO4/c1-18-11-5-4-6-12(19-2)14(11)15(17)10-7-8-16-9-13(10)20-3/h4-9H,1-3H3. The van der Waals surface area contributed by atoms with Gasteiger partial charge in [-0.05, 0) is 18.2 Å². The lowest BCUT2D eigenvalue weighted by Crippen LogP contribution is -2.08. The minimum absolute atomic E-state index is 0.237. The van der Waals surface area contributed by atoms with E-state index in [2.05, 4.69) is 4.98 Å². The van der Waals surface area contributed by atoms with Crippen LogP contribution in [0.2, 0.25) is 0 Å². The van der Waals surface area contributed by atoms with E-state index in [4.69, 9.17) is 14.2 Å². The smallest absolute Gasteiger partial charge is 0.204 e. The van der Waals surface area contributed by atoms with Crippen molar-refractivity contribution in [3.05, 3.63) is 47.8 Å². The van der Waals surface area contributed by atoms with Crippen molar-refractivity contribution in [1.29, 1.82) is 0 Å². The number of ketones is 1. The Labute approximate surface area is 117 Å². The fourth-order valence-corrected chi connectivity index (χ4v) is 1.94. The zero-order chi connectivity index (χ0) is 14.5. The monoisotopic (exact) mass is 273 g/mol. The summed E-state index contributed by atoms with van der Waals surface area (Å²) in [5, 5.41) is 0. The van der Waals surface area contributed by atoms with E-state index in [-0.39, 0.29) is 5.78 Å². The highest BCUT2D eigenvalue weighted by Gasteiger charge is 2.22. The Bertz CT molecular complexity index is 603. The van der Waals surface area contributed by atoms with Crippen molar-refractivity contribution < 1.29 is 19.0 Å². The molecular formula is C15H15NO4. The maximum atomic E-state index is 12.7. The first-order valence-electron chi connectivity index (χ1n) is 5.96. The van der Waals surface area contributed by atoms with Gasteiger partial charge in [-0.1, -0.05) is 6.07 Å². The van der Waals surface area contributed by atoms with E-state index in [1.807, 2.05) is 0 Å². The third kappa shape index (κ3) is 2.42. The van der Waals surface area contributed by atoms with E-state index in [0.29, 0.717) is 28.4 Å². The Morgan fingerprint density at radius 2 is 1.55 bits per heavy atom. The molecule has 0 amide bonds. The minimum atomic E-state index is -0.237. The number of benzene rings is 1. The Hall–Kier alpha value is -2.56. The number of nitrogens with zero attached hydrogens (tertiary/aromatic N) is 1. The predicted molar refractivity (Wildman–Crippen MR) is 73.8 cm³/mol. The molecule has 0 aliphatic heterocycles. The maximum absolute atomic E-state index is 12.7. The third-order valence-corrected chi connectivity index (χ3v) is 2.90. The average molecular weight is 273 g/mol. The highest BCUT2D eigenvalue weighted by Crippen LogP contribution is 2.32. The molecule has 0 radical (unpaired) electrons. The molecule has 0 unspecified atom stereocenters. The molecule has 0 N–H and O–H groups in total. The fourth-order valence-electron chi connectivity index (χ4n) is 1.94. The van der Waals surface area contributed by atoms with Gasteiger partial charge in [-0.15, -0.1) is 0 Å². The molecule has 0 atom stereocenters. The second-order valence-electron chi connectivity index (χ2n) is 3.94. The Morgan fingerprint density at radius 3 is 2.10 bits per heavy atom. The van der Waals surface area contributed by atoms with Crippen LogP contribution in [0.1, 0.15) is 15.9 Å². The van der Waals surface area contributed by atoms with Crippen molar-refractivity contribution in [2.24, 2.45) is 0 Å². The van der Waals surface area contributed by atoms with E-state index >= 15 is 0 Å². The summed E-state index contributed by atoms with van der Waals surface area (Å²) >= 11 is 0. The number of aromatic nitrogens is 1. The first-order valence-corrected chi connectivity index (χ1v) is 5.96. The van der Waals surface area contributed by atoms with Gasteiger partial charge in [-0.2, -0.15) is 0 Å². The number of rotatable bonds is 5. The molecule has 20 heavy (non-hydrogen) atoms. The van der Waals surface area contributed by atoms with E-state index in [9.17, 15) is 4.79 Å². The minimum Gasteiger partial charge on any atom is -0.496 e. The van der Waals surface area contributed by atoms with Crippen LogP contribution in [0.3, 0.4) is 0 Å². The summed E-state index contributed by atoms with van der Waals surface area (Å²) in [5.74, 6) is 1.07. The summed E-state index contributed by atoms with van der Waals surface area (Å²) in [5.41, 5.74) is 0.771. The van der Waals surface area contributed by atoms with Crippen molar-refractivity contribution in [3.8, 4) is 17.2 Å². The van der Waals surface area contributed by atoms with Gasteiger partial charge in [0.1, 0.15) is 22.8 Å². The highest BCUT2D eigenvalue weighted by molar-refractivity contribution is 6.14. The molecule has 5 heteroatoms. The summed E-state index contributed by atoms with van der Waals surface area (Å²) in [7, 11) is 4.51. The first-order chi connectivity index (χ1) is 9.72. The molecule has 0 spiro atoms. The predicted octanol–water partition coefficient (Wildman–Crippen LogP) is 2.34. The number of hydrogen-bond donors (Lipinski definition) is 0. The third-order valence-electron chi connectivity index (χ3n) is 2.90. The van der Waals surface area contributed by atoms with Gasteiger partial charge in [0.2, 0.25) is 5.78 Å². The molecule has 5 nitrogen and oxygen atoms in total. The lowest BCUT2D eigenvalue weighted by atomic mass is 10.0. The Balaban J connectivity index is 2.58. The number of methoxy groups -OCH3 is 3. The molecule has 1 aromatic heterocycles. The van der Waals surface area contributed by atoms with Crippen LogP contribution in [0, 0.1) is 0 Å². The number of ether oxygens (including phenoxy) is 3. The van der Waals surface area contributed by atoms with E-state index < -0.39 is 0 Å². The normalized spacial score (nSPS) is 9.95. The lowest BCUT2D eigenvalue weighted by Gasteiger charge is -2.13. The van der Waals surface area contributed by atoms with Crippen LogP contribution >= 0.6 is 0 Å². The quantitative estimate of drug-likeness (QED) is 0.783. The number of pyridine rings is 1. The van der Waals surface area contributed by atoms with Crippen LogP contribution in [-0.4, -0.2) is 32.1 Å². The van der Waals surface area contributed by atoms with Crippen LogP contribution in [0.15, 0.2) is 36.7 Å². The average Bonchev–Trinajstić information content (AvgIpc) is 2.53. The molecule has 1 heterocycles. The van der Waals surface area contributed by atoms with Crippen molar-refractivity contribution in [1.82, 2.24) is 4.98 Å². The number of carbonyl (C=O) groups excluding carboxylic acids is 1. The number of carbonyl (C=O) groups is 1. The second kappa shape index (κ2) is 6.06. The van der Waals surface area contributed by atoms with Crippen LogP contribution in [0.25, 0.3) is 0 Å². The summed E-state index contributed by atoms with van der Waals surface area (Å²) in [6.07, 6.45) is 3.03. The van der Waals surface area contributed by atoms with Crippen LogP contribution in [-0.2, 0) is 0 Å². The van der Waals surface area contributed by atoms with Crippen LogP contribution in [0.5, 0.6) is 17.2 Å². The highest BCUT2D eigenvalue weighted by atomic mass is 16.5. The van der Waals surface area contributed by atoms with Gasteiger partial charge in [-0.3, -0.25) is 9.78 Å². The van der Waals surface area contributed by atoms with Gasteiger partial charge in [0.15, 0.2) is 0 Å². The van der Waals surface area contributed by atoms with Gasteiger partial charge < -0.3 is 14.2 Å². The van der Waals surface area contributed by atoms with Crippen molar-refractivity contribution in [3.63, 3.8) is 0 Å². The van der Waals surface area contributed by atoms with Gasteiger partial charge in [0.05, 0.1) is 33.1 Å². The Kier molecular flexibility index (Phi) is 4.20. The maximum Gasteiger partial charge on any atom is 0.204 e. The first kappa shape index (κ1) is 13.9. The fraction of sp³-hybridized carbons (Fsp3) is 0.200. The molecule has 0 aliphatic carbocycles. The second-order valence-corrected chi connectivity index (χ2v) is 3.94.